The second-order valence-electron chi connectivity index (χ2n) is 6.35. The van der Waals surface area contributed by atoms with Gasteiger partial charge < -0.3 is 16.0 Å². The Labute approximate surface area is 149 Å². The van der Waals surface area contributed by atoms with Crippen molar-refractivity contribution in [2.45, 2.75) is 32.0 Å². The Kier molecular flexibility index (Phi) is 4.80. The molecule has 138 valence electrons. The second kappa shape index (κ2) is 6.90. The van der Waals surface area contributed by atoms with Gasteiger partial charge in [-0.2, -0.15) is 13.2 Å². The topological polar surface area (TPSA) is 58.4 Å². The average molecular weight is 363 g/mol. The summed E-state index contributed by atoms with van der Waals surface area (Å²) >= 11 is 0. The van der Waals surface area contributed by atoms with Gasteiger partial charge >= 0.3 is 6.18 Å². The van der Waals surface area contributed by atoms with Gasteiger partial charge in [-0.05, 0) is 49.6 Å². The van der Waals surface area contributed by atoms with Crippen molar-refractivity contribution in [2.75, 3.05) is 22.5 Å². The maximum Gasteiger partial charge on any atom is 0.418 e. The summed E-state index contributed by atoms with van der Waals surface area (Å²) < 4.78 is 39.4. The molecule has 0 spiro atoms. The summed E-state index contributed by atoms with van der Waals surface area (Å²) in [5, 5.41) is 2.43. The van der Waals surface area contributed by atoms with E-state index in [1.54, 1.807) is 6.92 Å². The van der Waals surface area contributed by atoms with E-state index < -0.39 is 23.7 Å². The molecule has 0 saturated carbocycles. The Bertz CT molecular complexity index is 820. The molecule has 0 saturated heterocycles. The SMILES string of the molecule is CC(C(=O)Nc1ccccc1C(F)(F)F)N1CCCc2c(N)cccc21. The van der Waals surface area contributed by atoms with E-state index in [4.69, 9.17) is 5.73 Å². The first-order chi connectivity index (χ1) is 12.3. The molecule has 2 aromatic carbocycles. The number of rotatable bonds is 3. The maximum atomic E-state index is 13.1. The molecule has 3 rings (SSSR count). The van der Waals surface area contributed by atoms with Crippen molar-refractivity contribution < 1.29 is 18.0 Å². The van der Waals surface area contributed by atoms with Crippen LogP contribution >= 0.6 is 0 Å². The molecule has 1 aliphatic rings. The van der Waals surface area contributed by atoms with Gasteiger partial charge in [-0.3, -0.25) is 4.79 Å². The molecule has 0 radical (unpaired) electrons. The van der Waals surface area contributed by atoms with Crippen LogP contribution in [0.3, 0.4) is 0 Å². The first-order valence-electron chi connectivity index (χ1n) is 8.40. The van der Waals surface area contributed by atoms with Crippen LogP contribution in [-0.4, -0.2) is 18.5 Å². The summed E-state index contributed by atoms with van der Waals surface area (Å²) in [5.74, 6) is -0.489. The van der Waals surface area contributed by atoms with Crippen LogP contribution in [0.1, 0.15) is 24.5 Å². The highest BCUT2D eigenvalue weighted by Crippen LogP contribution is 2.35. The van der Waals surface area contributed by atoms with Crippen molar-refractivity contribution in [2.24, 2.45) is 0 Å². The summed E-state index contributed by atoms with van der Waals surface area (Å²) in [7, 11) is 0. The number of hydrogen-bond acceptors (Lipinski definition) is 3. The summed E-state index contributed by atoms with van der Waals surface area (Å²) in [6.07, 6.45) is -2.87. The molecule has 1 atom stereocenters. The first kappa shape index (κ1) is 18.1. The lowest BCUT2D eigenvalue weighted by Gasteiger charge is -2.36. The van der Waals surface area contributed by atoms with E-state index in [2.05, 4.69) is 5.32 Å². The molecule has 0 bridgehead atoms. The van der Waals surface area contributed by atoms with Crippen LogP contribution in [0.15, 0.2) is 42.5 Å². The lowest BCUT2D eigenvalue weighted by atomic mass is 9.98. The number of para-hydroxylation sites is 1. The van der Waals surface area contributed by atoms with Crippen molar-refractivity contribution >= 4 is 23.0 Å². The van der Waals surface area contributed by atoms with Gasteiger partial charge in [-0.25, -0.2) is 0 Å². The first-order valence-corrected chi connectivity index (χ1v) is 8.40. The molecular formula is C19H20F3N3O. The number of alkyl halides is 3. The largest absolute Gasteiger partial charge is 0.418 e. The molecule has 4 nitrogen and oxygen atoms in total. The minimum Gasteiger partial charge on any atom is -0.398 e. The Balaban J connectivity index is 1.84. The van der Waals surface area contributed by atoms with Crippen LogP contribution < -0.4 is 16.0 Å². The number of nitrogens with one attached hydrogen (secondary N) is 1. The third-order valence-electron chi connectivity index (χ3n) is 4.66. The lowest BCUT2D eigenvalue weighted by Crippen LogP contribution is -2.45. The van der Waals surface area contributed by atoms with Crippen LogP contribution in [0, 0.1) is 0 Å². The fourth-order valence-corrected chi connectivity index (χ4v) is 3.30. The Morgan fingerprint density at radius 1 is 1.19 bits per heavy atom. The molecule has 26 heavy (non-hydrogen) atoms. The average Bonchev–Trinajstić information content (AvgIpc) is 2.60. The predicted octanol–water partition coefficient (Wildman–Crippen LogP) is 4.07. The zero-order chi connectivity index (χ0) is 18.9. The molecule has 0 aromatic heterocycles. The number of anilines is 3. The zero-order valence-corrected chi connectivity index (χ0v) is 14.3. The van der Waals surface area contributed by atoms with Crippen LogP contribution in [0.25, 0.3) is 0 Å². The van der Waals surface area contributed by atoms with E-state index in [1.807, 2.05) is 23.1 Å². The highest BCUT2D eigenvalue weighted by molar-refractivity contribution is 5.97. The summed E-state index contributed by atoms with van der Waals surface area (Å²) in [5.41, 5.74) is 7.44. The van der Waals surface area contributed by atoms with Crippen molar-refractivity contribution in [1.82, 2.24) is 0 Å². The van der Waals surface area contributed by atoms with E-state index in [-0.39, 0.29) is 5.69 Å². The number of nitrogens with two attached hydrogens (primary N) is 1. The number of nitrogen functional groups attached to an aromatic ring is 1. The molecule has 1 unspecified atom stereocenters. The summed E-state index contributed by atoms with van der Waals surface area (Å²) in [6, 6.07) is 9.86. The summed E-state index contributed by atoms with van der Waals surface area (Å²) in [4.78, 5) is 14.5. The maximum absolute atomic E-state index is 13.1. The van der Waals surface area contributed by atoms with E-state index >= 15 is 0 Å². The van der Waals surface area contributed by atoms with Crippen molar-refractivity contribution in [3.63, 3.8) is 0 Å². The summed E-state index contributed by atoms with van der Waals surface area (Å²) in [6.45, 7) is 2.33. The molecule has 1 amide bonds. The number of nitrogens with zero attached hydrogens (tertiary/aromatic N) is 1. The molecule has 3 N–H and O–H groups in total. The van der Waals surface area contributed by atoms with Crippen LogP contribution in [-0.2, 0) is 17.4 Å². The fourth-order valence-electron chi connectivity index (χ4n) is 3.30. The van der Waals surface area contributed by atoms with Gasteiger partial charge in [0.1, 0.15) is 6.04 Å². The number of fused-ring (bicyclic) bond motifs is 1. The van der Waals surface area contributed by atoms with Gasteiger partial charge in [0.15, 0.2) is 0 Å². The van der Waals surface area contributed by atoms with Crippen molar-refractivity contribution in [3.8, 4) is 0 Å². The Hall–Kier alpha value is -2.70. The predicted molar refractivity (Wildman–Crippen MR) is 96.1 cm³/mol. The Morgan fingerprint density at radius 3 is 2.65 bits per heavy atom. The van der Waals surface area contributed by atoms with E-state index in [0.717, 1.165) is 30.2 Å². The Morgan fingerprint density at radius 2 is 1.92 bits per heavy atom. The molecule has 0 aliphatic carbocycles. The number of halogens is 3. The molecular weight excluding hydrogens is 343 g/mol. The van der Waals surface area contributed by atoms with E-state index in [1.165, 1.54) is 18.2 Å². The molecule has 7 heteroatoms. The third-order valence-corrected chi connectivity index (χ3v) is 4.66. The molecule has 1 heterocycles. The van der Waals surface area contributed by atoms with Gasteiger partial charge in [0.25, 0.3) is 0 Å². The zero-order valence-electron chi connectivity index (χ0n) is 14.3. The van der Waals surface area contributed by atoms with Gasteiger partial charge in [0.2, 0.25) is 5.91 Å². The van der Waals surface area contributed by atoms with Crippen molar-refractivity contribution in [3.05, 3.63) is 53.6 Å². The van der Waals surface area contributed by atoms with E-state index in [9.17, 15) is 18.0 Å². The highest BCUT2D eigenvalue weighted by Gasteiger charge is 2.34. The third kappa shape index (κ3) is 3.47. The van der Waals surface area contributed by atoms with Crippen LogP contribution in [0.4, 0.5) is 30.2 Å². The number of carbonyl (C=O) groups excluding carboxylic acids is 1. The van der Waals surface area contributed by atoms with Crippen LogP contribution in [0.5, 0.6) is 0 Å². The monoisotopic (exact) mass is 363 g/mol. The van der Waals surface area contributed by atoms with Gasteiger partial charge in [0, 0.05) is 17.9 Å². The highest BCUT2D eigenvalue weighted by atomic mass is 19.4. The fraction of sp³-hybridized carbons (Fsp3) is 0.316. The number of amides is 1. The number of hydrogen-bond donors (Lipinski definition) is 2. The van der Waals surface area contributed by atoms with Gasteiger partial charge in [-0.1, -0.05) is 18.2 Å². The van der Waals surface area contributed by atoms with Crippen LogP contribution in [0.2, 0.25) is 0 Å². The second-order valence-corrected chi connectivity index (χ2v) is 6.35. The van der Waals surface area contributed by atoms with Crippen molar-refractivity contribution in [1.29, 1.82) is 0 Å². The van der Waals surface area contributed by atoms with E-state index in [0.29, 0.717) is 12.2 Å². The molecule has 0 fully saturated rings. The van der Waals surface area contributed by atoms with Gasteiger partial charge in [-0.15, -0.1) is 0 Å². The normalized spacial score (nSPS) is 15.3. The number of benzene rings is 2. The number of carbonyl (C=O) groups is 1. The minimum atomic E-state index is -4.53. The standard InChI is InChI=1S/C19H20F3N3O/c1-12(25-11-5-6-13-15(23)8-4-10-17(13)25)18(26)24-16-9-3-2-7-14(16)19(20,21)22/h2-4,7-10,12H,5-6,11,23H2,1H3,(H,24,26). The quantitative estimate of drug-likeness (QED) is 0.809. The lowest BCUT2D eigenvalue weighted by molar-refractivity contribution is -0.137. The molecule has 1 aliphatic heterocycles. The molecule has 2 aromatic rings. The van der Waals surface area contributed by atoms with Gasteiger partial charge in [0.05, 0.1) is 11.3 Å². The smallest absolute Gasteiger partial charge is 0.398 e. The minimum absolute atomic E-state index is 0.235.